The van der Waals surface area contributed by atoms with Crippen molar-refractivity contribution in [2.75, 3.05) is 0 Å². The lowest BCUT2D eigenvalue weighted by Crippen LogP contribution is -2.15. The van der Waals surface area contributed by atoms with Crippen LogP contribution in [0, 0.1) is 0 Å². The second kappa shape index (κ2) is 4.65. The molecule has 2 aliphatic carbocycles. The Hall–Kier alpha value is -1.33. The number of hydrogen-bond donors (Lipinski definition) is 1. The molecule has 98 valence electrons. The molecule has 2 heterocycles. The van der Waals surface area contributed by atoms with Crippen molar-refractivity contribution in [3.05, 3.63) is 29.2 Å². The molecule has 1 N–H and O–H groups in total. The van der Waals surface area contributed by atoms with Gasteiger partial charge in [0.25, 0.3) is 0 Å². The van der Waals surface area contributed by atoms with Gasteiger partial charge in [-0.15, -0.1) is 11.3 Å². The largest absolute Gasteiger partial charge is 0.309 e. The maximum Gasteiger partial charge on any atom is 0.144 e. The van der Waals surface area contributed by atoms with Crippen LogP contribution < -0.4 is 5.32 Å². The Morgan fingerprint density at radius 1 is 1.21 bits per heavy atom. The summed E-state index contributed by atoms with van der Waals surface area (Å²) < 4.78 is 0. The fourth-order valence-corrected chi connectivity index (χ4v) is 3.27. The topological polar surface area (TPSA) is 50.7 Å². The van der Waals surface area contributed by atoms with Crippen LogP contribution in [0.4, 0.5) is 0 Å². The molecule has 2 saturated carbocycles. The van der Waals surface area contributed by atoms with Crippen molar-refractivity contribution < 1.29 is 0 Å². The van der Waals surface area contributed by atoms with Crippen molar-refractivity contribution in [3.63, 3.8) is 0 Å². The second-order valence-corrected chi connectivity index (χ2v) is 6.43. The summed E-state index contributed by atoms with van der Waals surface area (Å²) in [6.07, 6.45) is 10.5. The summed E-state index contributed by atoms with van der Waals surface area (Å²) in [5.74, 6) is 0.692. The smallest absolute Gasteiger partial charge is 0.144 e. The molecule has 5 heteroatoms. The quantitative estimate of drug-likeness (QED) is 0.909. The monoisotopic (exact) mass is 272 g/mol. The predicted octanol–water partition coefficient (Wildman–Crippen LogP) is 2.73. The van der Waals surface area contributed by atoms with Crippen LogP contribution in [-0.2, 0) is 6.54 Å². The molecule has 4 rings (SSSR count). The van der Waals surface area contributed by atoms with E-state index < -0.39 is 0 Å². The Morgan fingerprint density at radius 2 is 2.11 bits per heavy atom. The molecular formula is C14H16N4S. The van der Waals surface area contributed by atoms with Gasteiger partial charge in [0.15, 0.2) is 0 Å². The molecule has 0 saturated heterocycles. The molecule has 0 unspecified atom stereocenters. The van der Waals surface area contributed by atoms with Crippen molar-refractivity contribution >= 4 is 11.3 Å². The maximum absolute atomic E-state index is 4.82. The number of nitrogens with zero attached hydrogens (tertiary/aromatic N) is 3. The zero-order valence-electron chi connectivity index (χ0n) is 10.7. The van der Waals surface area contributed by atoms with Gasteiger partial charge in [0, 0.05) is 35.8 Å². The first kappa shape index (κ1) is 11.5. The molecule has 4 nitrogen and oxygen atoms in total. The summed E-state index contributed by atoms with van der Waals surface area (Å²) in [7, 11) is 0. The SMILES string of the molecule is c1cnc(-c2nc(C3CC3)c(CNC3CC3)s2)cn1. The number of nitrogens with one attached hydrogen (secondary N) is 1. The average Bonchev–Trinajstić information content (AvgIpc) is 3.37. The van der Waals surface area contributed by atoms with Gasteiger partial charge >= 0.3 is 0 Å². The van der Waals surface area contributed by atoms with Crippen LogP contribution in [0.1, 0.15) is 42.2 Å². The van der Waals surface area contributed by atoms with Crippen molar-refractivity contribution in [1.82, 2.24) is 20.3 Å². The third-order valence-electron chi connectivity index (χ3n) is 3.60. The molecule has 2 aromatic rings. The van der Waals surface area contributed by atoms with E-state index >= 15 is 0 Å². The van der Waals surface area contributed by atoms with E-state index in [-0.39, 0.29) is 0 Å². The molecule has 0 aromatic carbocycles. The fraction of sp³-hybridized carbons (Fsp3) is 0.500. The standard InChI is InChI=1S/C14H16N4S/c1-2-9(1)13-12(8-17-10-3-4-10)19-14(18-13)11-7-15-5-6-16-11/h5-7,9-10,17H,1-4,8H2. The van der Waals surface area contributed by atoms with E-state index in [0.29, 0.717) is 5.92 Å². The minimum absolute atomic E-state index is 0.692. The second-order valence-electron chi connectivity index (χ2n) is 5.35. The molecule has 0 atom stereocenters. The first-order chi connectivity index (χ1) is 9.40. The summed E-state index contributed by atoms with van der Waals surface area (Å²) in [6.45, 7) is 0.967. The summed E-state index contributed by atoms with van der Waals surface area (Å²) in [5.41, 5.74) is 2.20. The minimum atomic E-state index is 0.692. The van der Waals surface area contributed by atoms with Crippen LogP contribution in [0.5, 0.6) is 0 Å². The summed E-state index contributed by atoms with van der Waals surface area (Å²) in [4.78, 5) is 14.7. The fourth-order valence-electron chi connectivity index (χ4n) is 2.21. The van der Waals surface area contributed by atoms with E-state index in [1.165, 1.54) is 36.3 Å². The molecular weight excluding hydrogens is 256 g/mol. The van der Waals surface area contributed by atoms with E-state index in [0.717, 1.165) is 23.3 Å². The Bertz CT molecular complexity index is 572. The number of aromatic nitrogens is 3. The van der Waals surface area contributed by atoms with Crippen LogP contribution in [0.15, 0.2) is 18.6 Å². The highest BCUT2D eigenvalue weighted by Crippen LogP contribution is 2.44. The Balaban J connectivity index is 1.62. The first-order valence-corrected chi connectivity index (χ1v) is 7.71. The number of thiazole rings is 1. The van der Waals surface area contributed by atoms with Crippen LogP contribution in [0.3, 0.4) is 0 Å². The van der Waals surface area contributed by atoms with Gasteiger partial charge in [-0.25, -0.2) is 4.98 Å². The van der Waals surface area contributed by atoms with Gasteiger partial charge in [0.1, 0.15) is 10.7 Å². The number of hydrogen-bond acceptors (Lipinski definition) is 5. The molecule has 2 aromatic heterocycles. The van der Waals surface area contributed by atoms with Crippen LogP contribution >= 0.6 is 11.3 Å². The summed E-state index contributed by atoms with van der Waals surface area (Å²) >= 11 is 1.77. The van der Waals surface area contributed by atoms with E-state index in [2.05, 4.69) is 15.3 Å². The molecule has 0 amide bonds. The van der Waals surface area contributed by atoms with Gasteiger partial charge in [0.05, 0.1) is 11.9 Å². The average molecular weight is 272 g/mol. The highest BCUT2D eigenvalue weighted by atomic mass is 32.1. The molecule has 0 spiro atoms. The maximum atomic E-state index is 4.82. The Morgan fingerprint density at radius 3 is 2.79 bits per heavy atom. The van der Waals surface area contributed by atoms with Gasteiger partial charge in [0.2, 0.25) is 0 Å². The van der Waals surface area contributed by atoms with Gasteiger partial charge in [-0.2, -0.15) is 0 Å². The third kappa shape index (κ3) is 2.53. The van der Waals surface area contributed by atoms with E-state index in [1.807, 2.05) is 0 Å². The zero-order chi connectivity index (χ0) is 12.7. The van der Waals surface area contributed by atoms with Crippen LogP contribution in [0.25, 0.3) is 10.7 Å². The predicted molar refractivity (Wildman–Crippen MR) is 75.0 cm³/mol. The van der Waals surface area contributed by atoms with E-state index in [4.69, 9.17) is 4.98 Å². The lowest BCUT2D eigenvalue weighted by Gasteiger charge is -2.01. The highest BCUT2D eigenvalue weighted by molar-refractivity contribution is 7.15. The summed E-state index contributed by atoms with van der Waals surface area (Å²) in [6, 6.07) is 0.745. The lowest BCUT2D eigenvalue weighted by molar-refractivity contribution is 0.688. The highest BCUT2D eigenvalue weighted by Gasteiger charge is 2.30. The first-order valence-electron chi connectivity index (χ1n) is 6.89. The molecule has 0 bridgehead atoms. The zero-order valence-corrected chi connectivity index (χ0v) is 11.5. The van der Waals surface area contributed by atoms with Crippen molar-refractivity contribution in [3.8, 4) is 10.7 Å². The van der Waals surface area contributed by atoms with Crippen LogP contribution in [-0.4, -0.2) is 21.0 Å². The van der Waals surface area contributed by atoms with Crippen LogP contribution in [0.2, 0.25) is 0 Å². The lowest BCUT2D eigenvalue weighted by atomic mass is 10.2. The van der Waals surface area contributed by atoms with Gasteiger partial charge < -0.3 is 5.32 Å². The molecule has 0 radical (unpaired) electrons. The van der Waals surface area contributed by atoms with E-state index in [1.54, 1.807) is 29.9 Å². The Labute approximate surface area is 116 Å². The minimum Gasteiger partial charge on any atom is -0.309 e. The van der Waals surface area contributed by atoms with E-state index in [9.17, 15) is 0 Å². The molecule has 2 fully saturated rings. The Kier molecular flexibility index (Phi) is 2.81. The molecule has 19 heavy (non-hydrogen) atoms. The van der Waals surface area contributed by atoms with Gasteiger partial charge in [-0.1, -0.05) is 0 Å². The van der Waals surface area contributed by atoms with Gasteiger partial charge in [-0.3, -0.25) is 9.97 Å². The molecule has 0 aliphatic heterocycles. The normalized spacial score (nSPS) is 18.7. The van der Waals surface area contributed by atoms with Gasteiger partial charge in [-0.05, 0) is 25.7 Å². The van der Waals surface area contributed by atoms with Crippen molar-refractivity contribution in [2.45, 2.75) is 44.2 Å². The molecule has 2 aliphatic rings. The van der Waals surface area contributed by atoms with Crippen molar-refractivity contribution in [2.24, 2.45) is 0 Å². The number of rotatable bonds is 5. The summed E-state index contributed by atoms with van der Waals surface area (Å²) in [5, 5.41) is 4.61. The third-order valence-corrected chi connectivity index (χ3v) is 4.70. The van der Waals surface area contributed by atoms with Crippen molar-refractivity contribution in [1.29, 1.82) is 0 Å².